The van der Waals surface area contributed by atoms with Crippen LogP contribution in [0.15, 0.2) is 12.5 Å². The number of rotatable bonds is 2. The van der Waals surface area contributed by atoms with Crippen LogP contribution in [0.3, 0.4) is 0 Å². The highest BCUT2D eigenvalue weighted by Crippen LogP contribution is 2.46. The lowest BCUT2D eigenvalue weighted by Crippen LogP contribution is -2.39. The molecule has 1 saturated heterocycles. The molecule has 2 aromatic rings. The Morgan fingerprint density at radius 3 is 2.69 bits per heavy atom. The molecule has 0 aromatic carbocycles. The fraction of sp³-hybridized carbons (Fsp3) is 0.529. The molecule has 1 fully saturated rings. The van der Waals surface area contributed by atoms with E-state index in [0.29, 0.717) is 16.9 Å². The molecule has 7 nitrogen and oxygen atoms in total. The number of aromatic nitrogens is 3. The third kappa shape index (κ3) is 3.28. The lowest BCUT2D eigenvalue weighted by atomic mass is 10.0. The second-order valence-corrected chi connectivity index (χ2v) is 14.2. The van der Waals surface area contributed by atoms with Gasteiger partial charge >= 0.3 is 0 Å². The number of alkyl halides is 1. The van der Waals surface area contributed by atoms with Crippen molar-refractivity contribution in [1.29, 1.82) is 0 Å². The standard InChI is InChI=1S/C17H23BrN4O3Si/c1-17(18)13(24)11(8-23)25-16(17)22-7-10(5-6-26(2,3)4)12-14(19)20-9-21-15(12)22/h7,9,11,13,16,23-24H,8H2,1-4H3,(H2,19,20,21)/t11?,13?,16-,17-/m1/s1. The smallest absolute Gasteiger partial charge is 0.153 e. The van der Waals surface area contributed by atoms with Gasteiger partial charge in [-0.15, -0.1) is 5.54 Å². The van der Waals surface area contributed by atoms with Gasteiger partial charge in [-0.3, -0.25) is 0 Å². The van der Waals surface area contributed by atoms with Crippen molar-refractivity contribution in [2.24, 2.45) is 0 Å². The maximum absolute atomic E-state index is 10.5. The first-order valence-electron chi connectivity index (χ1n) is 8.33. The highest BCUT2D eigenvalue weighted by Gasteiger charge is 2.52. The molecule has 0 amide bonds. The molecule has 0 bridgehead atoms. The van der Waals surface area contributed by atoms with Crippen molar-refractivity contribution in [3.8, 4) is 11.5 Å². The van der Waals surface area contributed by atoms with E-state index < -0.39 is 30.8 Å². The van der Waals surface area contributed by atoms with Gasteiger partial charge in [-0.1, -0.05) is 41.5 Å². The van der Waals surface area contributed by atoms with Crippen LogP contribution in [0.5, 0.6) is 0 Å². The predicted molar refractivity (Wildman–Crippen MR) is 106 cm³/mol. The van der Waals surface area contributed by atoms with E-state index >= 15 is 0 Å². The van der Waals surface area contributed by atoms with Gasteiger partial charge in [-0.25, -0.2) is 9.97 Å². The molecule has 0 aliphatic carbocycles. The van der Waals surface area contributed by atoms with Crippen LogP contribution < -0.4 is 5.73 Å². The zero-order valence-corrected chi connectivity index (χ0v) is 17.8. The zero-order valence-electron chi connectivity index (χ0n) is 15.2. The Balaban J connectivity index is 2.19. The van der Waals surface area contributed by atoms with Crippen LogP contribution in [0.4, 0.5) is 5.82 Å². The Bertz CT molecular complexity index is 897. The zero-order chi connectivity index (χ0) is 19.3. The van der Waals surface area contributed by atoms with E-state index in [-0.39, 0.29) is 6.61 Å². The molecule has 3 heterocycles. The Labute approximate surface area is 161 Å². The van der Waals surface area contributed by atoms with Gasteiger partial charge in [0.2, 0.25) is 0 Å². The molecule has 0 spiro atoms. The fourth-order valence-electron chi connectivity index (χ4n) is 3.00. The third-order valence-electron chi connectivity index (χ3n) is 4.36. The Hall–Kier alpha value is -1.44. The van der Waals surface area contributed by atoms with Gasteiger partial charge < -0.3 is 25.3 Å². The largest absolute Gasteiger partial charge is 0.394 e. The van der Waals surface area contributed by atoms with E-state index in [1.807, 2.05) is 13.1 Å². The number of nitrogens with two attached hydrogens (primary N) is 1. The molecule has 0 saturated carbocycles. The van der Waals surface area contributed by atoms with E-state index in [4.69, 9.17) is 10.5 Å². The summed E-state index contributed by atoms with van der Waals surface area (Å²) in [5.41, 5.74) is 10.7. The predicted octanol–water partition coefficient (Wildman–Crippen LogP) is 1.65. The van der Waals surface area contributed by atoms with Crippen molar-refractivity contribution in [3.05, 3.63) is 18.1 Å². The average molecular weight is 439 g/mol. The van der Waals surface area contributed by atoms with Crippen molar-refractivity contribution in [3.63, 3.8) is 0 Å². The van der Waals surface area contributed by atoms with Crippen LogP contribution in [0, 0.1) is 11.5 Å². The van der Waals surface area contributed by atoms with E-state index in [2.05, 4.69) is 57.0 Å². The number of aliphatic hydroxyl groups is 2. The van der Waals surface area contributed by atoms with E-state index in [0.717, 1.165) is 5.56 Å². The van der Waals surface area contributed by atoms with Crippen molar-refractivity contribution >= 4 is 40.9 Å². The first kappa shape index (κ1) is 19.3. The van der Waals surface area contributed by atoms with E-state index in [1.54, 1.807) is 4.57 Å². The van der Waals surface area contributed by atoms with Gasteiger partial charge in [-0.2, -0.15) is 0 Å². The second kappa shape index (κ2) is 6.62. The molecular formula is C17H23BrN4O3Si. The molecule has 1 aliphatic heterocycles. The number of nitrogens with zero attached hydrogens (tertiary/aromatic N) is 3. The van der Waals surface area contributed by atoms with Gasteiger partial charge in [-0.05, 0) is 6.92 Å². The Morgan fingerprint density at radius 2 is 2.12 bits per heavy atom. The summed E-state index contributed by atoms with van der Waals surface area (Å²) in [6.07, 6.45) is 1.06. The quantitative estimate of drug-likeness (QED) is 0.373. The van der Waals surface area contributed by atoms with E-state index in [1.165, 1.54) is 6.33 Å². The Kier molecular flexibility index (Phi) is 4.92. The SMILES string of the molecule is C[C@@]1(Br)C(O)C(CO)O[C@H]1n1cc(C#C[Si](C)(C)C)c2c(N)ncnc21. The number of ether oxygens (including phenoxy) is 1. The molecule has 0 radical (unpaired) electrons. The van der Waals surface area contributed by atoms with Crippen LogP contribution >= 0.6 is 15.9 Å². The van der Waals surface area contributed by atoms with Gasteiger partial charge in [0.25, 0.3) is 0 Å². The number of halogens is 1. The molecule has 2 unspecified atom stereocenters. The molecule has 2 aromatic heterocycles. The first-order chi connectivity index (χ1) is 12.1. The van der Waals surface area contributed by atoms with Gasteiger partial charge in [0.05, 0.1) is 21.9 Å². The Morgan fingerprint density at radius 1 is 1.42 bits per heavy atom. The van der Waals surface area contributed by atoms with Crippen molar-refractivity contribution in [2.45, 2.75) is 49.3 Å². The third-order valence-corrected chi connectivity index (χ3v) is 6.10. The van der Waals surface area contributed by atoms with Gasteiger partial charge in [0.15, 0.2) is 6.23 Å². The maximum atomic E-state index is 10.5. The normalized spacial score (nSPS) is 29.0. The minimum atomic E-state index is -1.59. The maximum Gasteiger partial charge on any atom is 0.153 e. The monoisotopic (exact) mass is 438 g/mol. The summed E-state index contributed by atoms with van der Waals surface area (Å²) in [6.45, 7) is 8.03. The topological polar surface area (TPSA) is 106 Å². The molecule has 140 valence electrons. The number of aliphatic hydroxyl groups excluding tert-OH is 2. The molecule has 4 atom stereocenters. The molecular weight excluding hydrogens is 416 g/mol. The minimum absolute atomic E-state index is 0.280. The average Bonchev–Trinajstić information content (AvgIpc) is 3.02. The highest BCUT2D eigenvalue weighted by molar-refractivity contribution is 9.10. The summed E-state index contributed by atoms with van der Waals surface area (Å²) in [5, 5.41) is 20.6. The summed E-state index contributed by atoms with van der Waals surface area (Å²) >= 11 is 3.57. The first-order valence-corrected chi connectivity index (χ1v) is 12.6. The summed E-state index contributed by atoms with van der Waals surface area (Å²) in [6, 6.07) is 0. The van der Waals surface area contributed by atoms with Crippen molar-refractivity contribution in [2.75, 3.05) is 12.3 Å². The van der Waals surface area contributed by atoms with Crippen LogP contribution in [0.1, 0.15) is 18.7 Å². The lowest BCUT2D eigenvalue weighted by Gasteiger charge is -2.27. The van der Waals surface area contributed by atoms with E-state index in [9.17, 15) is 10.2 Å². The number of anilines is 1. The molecule has 26 heavy (non-hydrogen) atoms. The summed E-state index contributed by atoms with van der Waals surface area (Å²) in [7, 11) is -1.59. The fourth-order valence-corrected chi connectivity index (χ4v) is 4.13. The molecule has 3 rings (SSSR count). The highest BCUT2D eigenvalue weighted by atomic mass is 79.9. The number of nitrogen functional groups attached to an aromatic ring is 1. The molecule has 1 aliphatic rings. The number of fused-ring (bicyclic) bond motifs is 1. The van der Waals surface area contributed by atoms with Crippen LogP contribution in [0.2, 0.25) is 19.6 Å². The number of hydrogen-bond acceptors (Lipinski definition) is 6. The lowest BCUT2D eigenvalue weighted by molar-refractivity contribution is -0.0437. The van der Waals surface area contributed by atoms with Crippen molar-refractivity contribution < 1.29 is 14.9 Å². The van der Waals surface area contributed by atoms with Crippen molar-refractivity contribution in [1.82, 2.24) is 14.5 Å². The summed E-state index contributed by atoms with van der Waals surface area (Å²) in [4.78, 5) is 8.45. The van der Waals surface area contributed by atoms with Gasteiger partial charge in [0, 0.05) is 6.20 Å². The van der Waals surface area contributed by atoms with Gasteiger partial charge in [0.1, 0.15) is 38.1 Å². The summed E-state index contributed by atoms with van der Waals surface area (Å²) < 4.78 is 6.90. The van der Waals surface area contributed by atoms with Crippen LogP contribution in [0.25, 0.3) is 11.0 Å². The molecule has 4 N–H and O–H groups in total. The number of hydrogen-bond donors (Lipinski definition) is 3. The van der Waals surface area contributed by atoms with Crippen LogP contribution in [-0.4, -0.2) is 56.0 Å². The second-order valence-electron chi connectivity index (χ2n) is 7.71. The van der Waals surface area contributed by atoms with Crippen LogP contribution in [-0.2, 0) is 4.74 Å². The summed E-state index contributed by atoms with van der Waals surface area (Å²) in [5.74, 6) is 3.57. The minimum Gasteiger partial charge on any atom is -0.394 e. The molecule has 9 heteroatoms.